The number of ether oxygens (including phenoxy) is 1. The Morgan fingerprint density at radius 2 is 1.91 bits per heavy atom. The summed E-state index contributed by atoms with van der Waals surface area (Å²) in [6.45, 7) is 6.89. The molecule has 5 rings (SSSR count). The van der Waals surface area contributed by atoms with Gasteiger partial charge >= 0.3 is 0 Å². The van der Waals surface area contributed by atoms with Crippen molar-refractivity contribution in [3.05, 3.63) is 66.5 Å². The molecule has 7 nitrogen and oxygen atoms in total. The fourth-order valence-corrected chi connectivity index (χ4v) is 4.87. The number of anilines is 4. The maximum Gasteiger partial charge on any atom is 0.229 e. The van der Waals surface area contributed by atoms with Crippen LogP contribution in [0.25, 0.3) is 10.9 Å². The zero-order chi connectivity index (χ0) is 22.5. The molecule has 2 aromatic heterocycles. The van der Waals surface area contributed by atoms with Crippen molar-refractivity contribution in [1.29, 1.82) is 0 Å². The van der Waals surface area contributed by atoms with Crippen LogP contribution in [0.5, 0.6) is 0 Å². The molecule has 1 aliphatic heterocycles. The molecule has 8 heteroatoms. The summed E-state index contributed by atoms with van der Waals surface area (Å²) in [6, 6.07) is 18.6. The normalized spacial score (nSPS) is 14.5. The molecule has 0 saturated carbocycles. The average molecular weight is 461 g/mol. The molecule has 3 N–H and O–H groups in total. The van der Waals surface area contributed by atoms with E-state index in [-0.39, 0.29) is 0 Å². The van der Waals surface area contributed by atoms with Gasteiger partial charge in [-0.2, -0.15) is 4.98 Å². The summed E-state index contributed by atoms with van der Waals surface area (Å²) in [5.41, 5.74) is 4.25. The van der Waals surface area contributed by atoms with E-state index in [0.29, 0.717) is 5.95 Å². The largest absolute Gasteiger partial charge is 0.379 e. The SMILES string of the molecule is Cc1cc2cc(Nc3ccnc(Nc4cccc(SCCN5CCOCC5)c4)n3)ccc2[nH]1. The minimum Gasteiger partial charge on any atom is -0.379 e. The van der Waals surface area contributed by atoms with Crippen molar-refractivity contribution < 1.29 is 4.74 Å². The Morgan fingerprint density at radius 1 is 1.03 bits per heavy atom. The maximum absolute atomic E-state index is 5.42. The van der Waals surface area contributed by atoms with Crippen molar-refractivity contribution in [3.8, 4) is 0 Å². The van der Waals surface area contributed by atoms with E-state index < -0.39 is 0 Å². The van der Waals surface area contributed by atoms with E-state index in [1.165, 1.54) is 10.3 Å². The number of nitrogens with one attached hydrogen (secondary N) is 3. The highest BCUT2D eigenvalue weighted by atomic mass is 32.2. The van der Waals surface area contributed by atoms with Gasteiger partial charge in [-0.1, -0.05) is 6.07 Å². The Kier molecular flexibility index (Phi) is 6.76. The molecule has 1 fully saturated rings. The molecule has 0 atom stereocenters. The first-order chi connectivity index (χ1) is 16.2. The summed E-state index contributed by atoms with van der Waals surface area (Å²) in [4.78, 5) is 16.1. The van der Waals surface area contributed by atoms with Crippen LogP contribution < -0.4 is 10.6 Å². The van der Waals surface area contributed by atoms with Crippen molar-refractivity contribution in [3.63, 3.8) is 0 Å². The predicted octanol–water partition coefficient (Wildman–Crippen LogP) is 5.18. The molecule has 1 saturated heterocycles. The molecular formula is C25H28N6OS. The zero-order valence-electron chi connectivity index (χ0n) is 18.7. The van der Waals surface area contributed by atoms with E-state index in [1.54, 1.807) is 6.20 Å². The number of aryl methyl sites for hydroxylation is 1. The molecule has 1 aliphatic rings. The van der Waals surface area contributed by atoms with E-state index in [4.69, 9.17) is 4.74 Å². The number of aromatic nitrogens is 3. The number of rotatable bonds is 8. The number of H-pyrrole nitrogens is 1. The number of morpholine rings is 1. The Labute approximate surface area is 198 Å². The second kappa shape index (κ2) is 10.2. The third kappa shape index (κ3) is 5.84. The Balaban J connectivity index is 1.20. The third-order valence-corrected chi connectivity index (χ3v) is 6.53. The van der Waals surface area contributed by atoms with E-state index in [0.717, 1.165) is 67.0 Å². The molecule has 4 aromatic rings. The molecule has 3 heterocycles. The van der Waals surface area contributed by atoms with Gasteiger partial charge in [-0.05, 0) is 55.5 Å². The molecule has 0 amide bonds. The Bertz CT molecular complexity index is 1220. The number of hydrogen-bond acceptors (Lipinski definition) is 7. The molecule has 0 aliphatic carbocycles. The lowest BCUT2D eigenvalue weighted by Gasteiger charge is -2.26. The van der Waals surface area contributed by atoms with E-state index in [1.807, 2.05) is 30.0 Å². The highest BCUT2D eigenvalue weighted by molar-refractivity contribution is 7.99. The van der Waals surface area contributed by atoms with Crippen LogP contribution in [-0.2, 0) is 4.74 Å². The third-order valence-electron chi connectivity index (χ3n) is 5.55. The molecule has 0 unspecified atom stereocenters. The van der Waals surface area contributed by atoms with E-state index in [2.05, 4.69) is 73.8 Å². The first-order valence-corrected chi connectivity index (χ1v) is 12.2. The second-order valence-electron chi connectivity index (χ2n) is 8.10. The summed E-state index contributed by atoms with van der Waals surface area (Å²) in [5, 5.41) is 7.89. The topological polar surface area (TPSA) is 78.1 Å². The van der Waals surface area contributed by atoms with Crippen molar-refractivity contribution in [2.45, 2.75) is 11.8 Å². The van der Waals surface area contributed by atoms with Crippen LogP contribution in [0.1, 0.15) is 5.69 Å². The lowest BCUT2D eigenvalue weighted by atomic mass is 10.2. The van der Waals surface area contributed by atoms with E-state index in [9.17, 15) is 0 Å². The summed E-state index contributed by atoms with van der Waals surface area (Å²) in [5.74, 6) is 2.37. The van der Waals surface area contributed by atoms with Gasteiger partial charge in [-0.25, -0.2) is 4.98 Å². The Hall–Kier alpha value is -3.07. The quantitative estimate of drug-likeness (QED) is 0.313. The number of aromatic amines is 1. The van der Waals surface area contributed by atoms with Crippen LogP contribution in [0.2, 0.25) is 0 Å². The lowest BCUT2D eigenvalue weighted by molar-refractivity contribution is 0.0410. The fourth-order valence-electron chi connectivity index (χ4n) is 3.90. The number of benzene rings is 2. The van der Waals surface area contributed by atoms with Gasteiger partial charge in [0.15, 0.2) is 0 Å². The molecule has 170 valence electrons. The van der Waals surface area contributed by atoms with Crippen molar-refractivity contribution in [2.75, 3.05) is 49.2 Å². The summed E-state index contributed by atoms with van der Waals surface area (Å²) in [6.07, 6.45) is 1.76. The number of hydrogen-bond donors (Lipinski definition) is 3. The van der Waals surface area contributed by atoms with Crippen LogP contribution >= 0.6 is 11.8 Å². The summed E-state index contributed by atoms with van der Waals surface area (Å²) < 4.78 is 5.42. The van der Waals surface area contributed by atoms with Crippen molar-refractivity contribution >= 4 is 45.8 Å². The van der Waals surface area contributed by atoms with Crippen LogP contribution in [0.3, 0.4) is 0 Å². The minimum atomic E-state index is 0.564. The number of nitrogens with zero attached hydrogens (tertiary/aromatic N) is 3. The smallest absolute Gasteiger partial charge is 0.229 e. The monoisotopic (exact) mass is 460 g/mol. The van der Waals surface area contributed by atoms with Crippen LogP contribution in [0, 0.1) is 6.92 Å². The molecule has 0 radical (unpaired) electrons. The highest BCUT2D eigenvalue weighted by Gasteiger charge is 2.10. The van der Waals surface area contributed by atoms with Crippen LogP contribution in [0.4, 0.5) is 23.1 Å². The highest BCUT2D eigenvalue weighted by Crippen LogP contribution is 2.25. The van der Waals surface area contributed by atoms with Gasteiger partial charge in [0, 0.05) is 64.5 Å². The maximum atomic E-state index is 5.42. The van der Waals surface area contributed by atoms with Gasteiger partial charge in [0.1, 0.15) is 5.82 Å². The first-order valence-electron chi connectivity index (χ1n) is 11.2. The summed E-state index contributed by atoms with van der Waals surface area (Å²) in [7, 11) is 0. The number of thioether (sulfide) groups is 1. The predicted molar refractivity (Wildman–Crippen MR) is 136 cm³/mol. The van der Waals surface area contributed by atoms with Gasteiger partial charge in [0.2, 0.25) is 5.95 Å². The molecule has 33 heavy (non-hydrogen) atoms. The molecule has 2 aromatic carbocycles. The van der Waals surface area contributed by atoms with Crippen molar-refractivity contribution in [1.82, 2.24) is 19.9 Å². The van der Waals surface area contributed by atoms with Gasteiger partial charge in [0.05, 0.1) is 13.2 Å². The van der Waals surface area contributed by atoms with Crippen molar-refractivity contribution in [2.24, 2.45) is 0 Å². The van der Waals surface area contributed by atoms with Gasteiger partial charge in [-0.15, -0.1) is 11.8 Å². The van der Waals surface area contributed by atoms with E-state index >= 15 is 0 Å². The molecular weight excluding hydrogens is 432 g/mol. The Morgan fingerprint density at radius 3 is 2.82 bits per heavy atom. The molecule has 0 spiro atoms. The second-order valence-corrected chi connectivity index (χ2v) is 9.27. The van der Waals surface area contributed by atoms with Gasteiger partial charge in [0.25, 0.3) is 0 Å². The fraction of sp³-hybridized carbons (Fsp3) is 0.280. The van der Waals surface area contributed by atoms with Crippen LogP contribution in [-0.4, -0.2) is 58.5 Å². The van der Waals surface area contributed by atoms with Gasteiger partial charge in [-0.3, -0.25) is 4.90 Å². The lowest BCUT2D eigenvalue weighted by Crippen LogP contribution is -2.37. The van der Waals surface area contributed by atoms with Gasteiger partial charge < -0.3 is 20.4 Å². The average Bonchev–Trinajstić information content (AvgIpc) is 3.20. The zero-order valence-corrected chi connectivity index (χ0v) is 19.5. The first kappa shape index (κ1) is 21.8. The van der Waals surface area contributed by atoms with Crippen LogP contribution in [0.15, 0.2) is 65.7 Å². The molecule has 0 bridgehead atoms. The standard InChI is InChI=1S/C25H28N6OS/c1-18-15-19-16-21(5-6-23(19)27-18)28-24-7-8-26-25(30-24)29-20-3-2-4-22(17-20)33-14-11-31-9-12-32-13-10-31/h2-8,15-17,27H,9-14H2,1H3,(H2,26,28,29,30). The number of fused-ring (bicyclic) bond motifs is 1. The summed E-state index contributed by atoms with van der Waals surface area (Å²) >= 11 is 1.87. The minimum absolute atomic E-state index is 0.564.